The molecular formula is C32H37Cl2N5O4. The number of hydrogen-bond acceptors (Lipinski definition) is 7. The number of nitrogens with one attached hydrogen (secondary N) is 1. The van der Waals surface area contributed by atoms with Crippen molar-refractivity contribution in [2.75, 3.05) is 51.1 Å². The zero-order valence-corrected chi connectivity index (χ0v) is 26.5. The molecule has 9 nitrogen and oxygen atoms in total. The largest absolute Gasteiger partial charge is 0.495 e. The standard InChI is InChI=1S/C32H37Cl2N5O4/c1-6-29(40)37-25-15-21(20-10-12-39(7-2)13-11-20)8-9-22(25)14-23-16-28(36-19-35-23)38(3)30(41)17-24-31(33)26(42-4)18-27(43-5)32(24)34/h6,8-9,15-16,18-20H,1,7,10-14,17H2,2-5H3,(H,37,40). The molecule has 0 saturated carbocycles. The van der Waals surface area contributed by atoms with Crippen LogP contribution in [0.25, 0.3) is 0 Å². The average Bonchev–Trinajstić information content (AvgIpc) is 3.03. The fourth-order valence-corrected chi connectivity index (χ4v) is 5.87. The summed E-state index contributed by atoms with van der Waals surface area (Å²) in [6, 6.07) is 9.57. The molecule has 11 heteroatoms. The van der Waals surface area contributed by atoms with Gasteiger partial charge in [-0.3, -0.25) is 14.5 Å². The van der Waals surface area contributed by atoms with Crippen molar-refractivity contribution in [3.05, 3.63) is 81.7 Å². The Hall–Kier alpha value is -3.66. The lowest BCUT2D eigenvalue weighted by molar-refractivity contribution is -0.117. The number of carbonyl (C=O) groups is 2. The Morgan fingerprint density at radius 3 is 2.37 bits per heavy atom. The topological polar surface area (TPSA) is 96.9 Å². The van der Waals surface area contributed by atoms with Gasteiger partial charge in [0.2, 0.25) is 11.8 Å². The van der Waals surface area contributed by atoms with Gasteiger partial charge in [-0.25, -0.2) is 9.97 Å². The maximum Gasteiger partial charge on any atom is 0.247 e. The lowest BCUT2D eigenvalue weighted by atomic mass is 9.88. The number of methoxy groups -OCH3 is 2. The molecule has 2 amide bonds. The number of likely N-dealkylation sites (tertiary alicyclic amines) is 1. The van der Waals surface area contributed by atoms with Crippen molar-refractivity contribution in [1.82, 2.24) is 14.9 Å². The van der Waals surface area contributed by atoms with Gasteiger partial charge in [0.05, 0.1) is 36.4 Å². The monoisotopic (exact) mass is 625 g/mol. The van der Waals surface area contributed by atoms with E-state index in [1.54, 1.807) is 19.2 Å². The van der Waals surface area contributed by atoms with Crippen LogP contribution in [0.15, 0.2) is 49.3 Å². The van der Waals surface area contributed by atoms with Crippen LogP contribution in [0.4, 0.5) is 11.5 Å². The van der Waals surface area contributed by atoms with Gasteiger partial charge >= 0.3 is 0 Å². The van der Waals surface area contributed by atoms with Crippen LogP contribution in [-0.2, 0) is 22.4 Å². The van der Waals surface area contributed by atoms with Crippen LogP contribution in [0.5, 0.6) is 11.5 Å². The number of aromatic nitrogens is 2. The van der Waals surface area contributed by atoms with E-state index >= 15 is 0 Å². The number of rotatable bonds is 11. The molecule has 0 radical (unpaired) electrons. The molecule has 1 N–H and O–H groups in total. The van der Waals surface area contributed by atoms with E-state index in [0.29, 0.717) is 40.9 Å². The zero-order valence-electron chi connectivity index (χ0n) is 25.0. The van der Waals surface area contributed by atoms with Crippen molar-refractivity contribution < 1.29 is 19.1 Å². The average molecular weight is 627 g/mol. The summed E-state index contributed by atoms with van der Waals surface area (Å²) in [5.41, 5.74) is 3.90. The highest BCUT2D eigenvalue weighted by Gasteiger charge is 2.23. The molecule has 0 unspecified atom stereocenters. The first-order valence-electron chi connectivity index (χ1n) is 14.1. The van der Waals surface area contributed by atoms with Gasteiger partial charge in [-0.1, -0.05) is 48.8 Å². The second-order valence-electron chi connectivity index (χ2n) is 10.4. The van der Waals surface area contributed by atoms with E-state index < -0.39 is 0 Å². The van der Waals surface area contributed by atoms with Crippen molar-refractivity contribution in [2.24, 2.45) is 0 Å². The number of carbonyl (C=O) groups excluding carboxylic acids is 2. The molecule has 2 heterocycles. The maximum absolute atomic E-state index is 13.3. The van der Waals surface area contributed by atoms with Crippen LogP contribution in [0.1, 0.15) is 48.1 Å². The second kappa shape index (κ2) is 14.7. The molecule has 228 valence electrons. The van der Waals surface area contributed by atoms with Crippen LogP contribution < -0.4 is 19.7 Å². The van der Waals surface area contributed by atoms with E-state index in [1.165, 1.54) is 37.1 Å². The van der Waals surface area contributed by atoms with E-state index in [2.05, 4.69) is 45.8 Å². The predicted octanol–water partition coefficient (Wildman–Crippen LogP) is 5.92. The number of anilines is 2. The summed E-state index contributed by atoms with van der Waals surface area (Å²) in [6.45, 7) is 8.98. The highest BCUT2D eigenvalue weighted by molar-refractivity contribution is 6.38. The van der Waals surface area contributed by atoms with Crippen LogP contribution in [-0.4, -0.2) is 67.6 Å². The molecule has 0 atom stereocenters. The summed E-state index contributed by atoms with van der Waals surface area (Å²) in [5.74, 6) is 0.991. The van der Waals surface area contributed by atoms with Crippen molar-refractivity contribution >= 4 is 46.5 Å². The first kappa shape index (κ1) is 32.3. The van der Waals surface area contributed by atoms with Gasteiger partial charge in [0.1, 0.15) is 23.6 Å². The third kappa shape index (κ3) is 7.65. The van der Waals surface area contributed by atoms with Crippen molar-refractivity contribution in [3.63, 3.8) is 0 Å². The molecule has 4 rings (SSSR count). The summed E-state index contributed by atoms with van der Waals surface area (Å²) in [6.07, 6.45) is 5.16. The number of ether oxygens (including phenoxy) is 2. The third-order valence-electron chi connectivity index (χ3n) is 7.87. The molecule has 1 aromatic heterocycles. The number of benzene rings is 2. The fraction of sp³-hybridized carbons (Fsp3) is 0.375. The number of halogens is 2. The summed E-state index contributed by atoms with van der Waals surface area (Å²) in [7, 11) is 4.58. The number of nitrogens with zero attached hydrogens (tertiary/aromatic N) is 4. The summed E-state index contributed by atoms with van der Waals surface area (Å²) >= 11 is 13.0. The number of hydrogen-bond donors (Lipinski definition) is 1. The molecular weight excluding hydrogens is 589 g/mol. The molecule has 43 heavy (non-hydrogen) atoms. The Bertz CT molecular complexity index is 1460. The molecule has 1 aliphatic rings. The fourth-order valence-electron chi connectivity index (χ4n) is 5.24. The number of likely N-dealkylation sites (N-methyl/N-ethyl adjacent to an activating group) is 1. The van der Waals surface area contributed by atoms with Crippen molar-refractivity contribution in [1.29, 1.82) is 0 Å². The van der Waals surface area contributed by atoms with Crippen LogP contribution in [0, 0.1) is 0 Å². The lowest BCUT2D eigenvalue weighted by Gasteiger charge is -2.31. The molecule has 1 fully saturated rings. The van der Waals surface area contributed by atoms with Gasteiger partial charge < -0.3 is 19.7 Å². The minimum Gasteiger partial charge on any atom is -0.495 e. The molecule has 1 aliphatic heterocycles. The Labute approximate surface area is 262 Å². The van der Waals surface area contributed by atoms with Crippen LogP contribution >= 0.6 is 23.2 Å². The highest BCUT2D eigenvalue weighted by atomic mass is 35.5. The van der Waals surface area contributed by atoms with Gasteiger partial charge in [0.15, 0.2) is 0 Å². The molecule has 2 aromatic carbocycles. The Kier molecular flexibility index (Phi) is 11.0. The van der Waals surface area contributed by atoms with Crippen molar-refractivity contribution in [3.8, 4) is 11.5 Å². The summed E-state index contributed by atoms with van der Waals surface area (Å²) in [4.78, 5) is 38.3. The first-order valence-corrected chi connectivity index (χ1v) is 14.9. The number of piperidine rings is 1. The van der Waals surface area contributed by atoms with Gasteiger partial charge in [-0.05, 0) is 61.7 Å². The van der Waals surface area contributed by atoms with E-state index in [1.807, 2.05) is 6.07 Å². The molecule has 1 saturated heterocycles. The third-order valence-corrected chi connectivity index (χ3v) is 8.70. The smallest absolute Gasteiger partial charge is 0.247 e. The Morgan fingerprint density at radius 1 is 1.09 bits per heavy atom. The summed E-state index contributed by atoms with van der Waals surface area (Å²) in [5, 5.41) is 3.46. The van der Waals surface area contributed by atoms with Gasteiger partial charge in [0.25, 0.3) is 0 Å². The number of amides is 2. The Morgan fingerprint density at radius 2 is 1.77 bits per heavy atom. The van der Waals surface area contributed by atoms with Gasteiger partial charge in [-0.15, -0.1) is 0 Å². The first-order chi connectivity index (χ1) is 20.7. The minimum atomic E-state index is -0.291. The molecule has 0 aliphatic carbocycles. The molecule has 3 aromatic rings. The van der Waals surface area contributed by atoms with E-state index in [9.17, 15) is 9.59 Å². The highest BCUT2D eigenvalue weighted by Crippen LogP contribution is 2.41. The van der Waals surface area contributed by atoms with Gasteiger partial charge in [-0.2, -0.15) is 0 Å². The quantitative estimate of drug-likeness (QED) is 0.264. The predicted molar refractivity (Wildman–Crippen MR) is 171 cm³/mol. The Balaban J connectivity index is 1.55. The van der Waals surface area contributed by atoms with Crippen LogP contribution in [0.3, 0.4) is 0 Å². The van der Waals surface area contributed by atoms with E-state index in [0.717, 1.165) is 43.7 Å². The zero-order chi connectivity index (χ0) is 31.1. The molecule has 0 bridgehead atoms. The minimum absolute atomic E-state index is 0.0998. The normalized spacial score (nSPS) is 13.8. The maximum atomic E-state index is 13.3. The van der Waals surface area contributed by atoms with Gasteiger partial charge in [0, 0.05) is 36.9 Å². The van der Waals surface area contributed by atoms with Crippen molar-refractivity contribution in [2.45, 2.75) is 38.5 Å². The second-order valence-corrected chi connectivity index (χ2v) is 11.1. The molecule has 0 spiro atoms. The summed E-state index contributed by atoms with van der Waals surface area (Å²) < 4.78 is 10.6. The lowest BCUT2D eigenvalue weighted by Crippen LogP contribution is -2.32. The SMILES string of the molecule is C=CC(=O)Nc1cc(C2CCN(CC)CC2)ccc1Cc1cc(N(C)C(=O)Cc2c(Cl)c(OC)cc(OC)c2Cl)ncn1. The van der Waals surface area contributed by atoms with E-state index in [-0.39, 0.29) is 28.3 Å². The van der Waals surface area contributed by atoms with E-state index in [4.69, 9.17) is 32.7 Å². The van der Waals surface area contributed by atoms with Crippen LogP contribution in [0.2, 0.25) is 10.0 Å².